The molecule has 1 atom stereocenters. The molecule has 21 heavy (non-hydrogen) atoms. The average Bonchev–Trinajstić information content (AvgIpc) is 2.55. The third kappa shape index (κ3) is 4.74. The maximum Gasteiger partial charge on any atom is 0.225 e. The van der Waals surface area contributed by atoms with Crippen LogP contribution in [0.15, 0.2) is 30.3 Å². The van der Waals surface area contributed by atoms with Crippen LogP contribution in [0.4, 0.5) is 0 Å². The zero-order chi connectivity index (χ0) is 15.1. The Morgan fingerprint density at radius 1 is 1.33 bits per heavy atom. The van der Waals surface area contributed by atoms with E-state index in [4.69, 9.17) is 4.74 Å². The van der Waals surface area contributed by atoms with E-state index in [0.717, 1.165) is 38.1 Å². The van der Waals surface area contributed by atoms with E-state index in [0.29, 0.717) is 12.6 Å². The molecule has 4 nitrogen and oxygen atoms in total. The van der Waals surface area contributed by atoms with Crippen LogP contribution in [0.1, 0.15) is 26.2 Å². The molecule has 1 aliphatic rings. The van der Waals surface area contributed by atoms with Crippen molar-refractivity contribution >= 4 is 5.91 Å². The summed E-state index contributed by atoms with van der Waals surface area (Å²) in [6, 6.07) is 10.3. The Morgan fingerprint density at radius 3 is 2.62 bits per heavy atom. The quantitative estimate of drug-likeness (QED) is 0.874. The van der Waals surface area contributed by atoms with Crippen molar-refractivity contribution < 1.29 is 9.53 Å². The molecule has 0 spiro atoms. The zero-order valence-electron chi connectivity index (χ0n) is 13.0. The van der Waals surface area contributed by atoms with Crippen LogP contribution in [0.2, 0.25) is 0 Å². The van der Waals surface area contributed by atoms with Gasteiger partial charge in [0.25, 0.3) is 0 Å². The summed E-state index contributed by atoms with van der Waals surface area (Å²) < 4.78 is 5.67. The minimum absolute atomic E-state index is 0.0276. The number of para-hydroxylation sites is 1. The lowest BCUT2D eigenvalue weighted by molar-refractivity contribution is -0.136. The van der Waals surface area contributed by atoms with Gasteiger partial charge < -0.3 is 15.0 Å². The standard InChI is InChI=1S/C17H26N2O2/c1-14(10-13-21-16-6-4-3-5-7-16)17(20)19-11-8-15(18-2)9-12-19/h3-7,14-15,18H,8-13H2,1-2H3. The molecule has 1 fully saturated rings. The van der Waals surface area contributed by atoms with Crippen LogP contribution in [0.25, 0.3) is 0 Å². The molecule has 4 heteroatoms. The van der Waals surface area contributed by atoms with Crippen molar-refractivity contribution in [2.24, 2.45) is 5.92 Å². The van der Waals surface area contributed by atoms with E-state index in [1.165, 1.54) is 0 Å². The van der Waals surface area contributed by atoms with Gasteiger partial charge in [0, 0.05) is 25.0 Å². The van der Waals surface area contributed by atoms with Gasteiger partial charge >= 0.3 is 0 Å². The molecule has 1 unspecified atom stereocenters. The topological polar surface area (TPSA) is 41.6 Å². The van der Waals surface area contributed by atoms with Crippen LogP contribution >= 0.6 is 0 Å². The first-order valence-corrected chi connectivity index (χ1v) is 7.84. The summed E-state index contributed by atoms with van der Waals surface area (Å²) in [4.78, 5) is 14.4. The first kappa shape index (κ1) is 15.8. The fourth-order valence-corrected chi connectivity index (χ4v) is 2.69. The summed E-state index contributed by atoms with van der Waals surface area (Å²) in [6.07, 6.45) is 2.87. The van der Waals surface area contributed by atoms with Gasteiger partial charge in [-0.2, -0.15) is 0 Å². The van der Waals surface area contributed by atoms with Crippen LogP contribution in [0, 0.1) is 5.92 Å². The van der Waals surface area contributed by atoms with Crippen molar-refractivity contribution in [3.63, 3.8) is 0 Å². The normalized spacial score (nSPS) is 17.5. The Balaban J connectivity index is 1.70. The number of likely N-dealkylation sites (tertiary alicyclic amines) is 1. The van der Waals surface area contributed by atoms with Crippen molar-refractivity contribution in [1.82, 2.24) is 10.2 Å². The summed E-state index contributed by atoms with van der Waals surface area (Å²) >= 11 is 0. The fourth-order valence-electron chi connectivity index (χ4n) is 2.69. The highest BCUT2D eigenvalue weighted by atomic mass is 16.5. The summed E-state index contributed by atoms with van der Waals surface area (Å²) in [7, 11) is 1.99. The average molecular weight is 290 g/mol. The number of piperidine rings is 1. The minimum atomic E-state index is 0.0276. The number of amides is 1. The van der Waals surface area contributed by atoms with Gasteiger partial charge in [-0.3, -0.25) is 4.79 Å². The highest BCUT2D eigenvalue weighted by Gasteiger charge is 2.25. The molecule has 1 aromatic carbocycles. The number of ether oxygens (including phenoxy) is 1. The molecule has 2 rings (SSSR count). The maximum atomic E-state index is 12.4. The Bertz CT molecular complexity index is 428. The van der Waals surface area contributed by atoms with Gasteiger partial charge in [0.05, 0.1) is 6.61 Å². The first-order chi connectivity index (χ1) is 10.2. The van der Waals surface area contributed by atoms with Gasteiger partial charge in [0.15, 0.2) is 0 Å². The second-order valence-corrected chi connectivity index (χ2v) is 5.74. The largest absolute Gasteiger partial charge is 0.494 e. The molecule has 0 aromatic heterocycles. The number of carbonyl (C=O) groups is 1. The third-order valence-corrected chi connectivity index (χ3v) is 4.20. The predicted octanol–water partition coefficient (Wildman–Crippen LogP) is 2.30. The summed E-state index contributed by atoms with van der Waals surface area (Å²) in [6.45, 7) is 4.33. The number of hydrogen-bond acceptors (Lipinski definition) is 3. The first-order valence-electron chi connectivity index (χ1n) is 7.84. The number of hydrogen-bond donors (Lipinski definition) is 1. The van der Waals surface area contributed by atoms with Crippen molar-refractivity contribution in [1.29, 1.82) is 0 Å². The van der Waals surface area contributed by atoms with E-state index in [2.05, 4.69) is 5.32 Å². The molecule has 1 heterocycles. The lowest BCUT2D eigenvalue weighted by Crippen LogP contribution is -2.45. The molecule has 0 aliphatic carbocycles. The lowest BCUT2D eigenvalue weighted by atomic mass is 10.0. The van der Waals surface area contributed by atoms with E-state index < -0.39 is 0 Å². The molecule has 0 radical (unpaired) electrons. The fraction of sp³-hybridized carbons (Fsp3) is 0.588. The Hall–Kier alpha value is -1.55. The minimum Gasteiger partial charge on any atom is -0.494 e. The van der Waals surface area contributed by atoms with Gasteiger partial charge in [-0.25, -0.2) is 0 Å². The molecular weight excluding hydrogens is 264 g/mol. The van der Waals surface area contributed by atoms with Crippen molar-refractivity contribution in [2.75, 3.05) is 26.7 Å². The monoisotopic (exact) mass is 290 g/mol. The predicted molar refractivity (Wildman–Crippen MR) is 84.4 cm³/mol. The van der Waals surface area contributed by atoms with E-state index in [1.54, 1.807) is 0 Å². The number of rotatable bonds is 6. The molecule has 1 amide bonds. The number of benzene rings is 1. The number of nitrogens with one attached hydrogen (secondary N) is 1. The highest BCUT2D eigenvalue weighted by Crippen LogP contribution is 2.16. The van der Waals surface area contributed by atoms with Gasteiger partial charge in [0.2, 0.25) is 5.91 Å². The van der Waals surface area contributed by atoms with Crippen LogP contribution in [0.3, 0.4) is 0 Å². The molecule has 0 saturated carbocycles. The molecule has 1 N–H and O–H groups in total. The van der Waals surface area contributed by atoms with E-state index in [9.17, 15) is 4.79 Å². The highest BCUT2D eigenvalue weighted by molar-refractivity contribution is 5.78. The van der Waals surface area contributed by atoms with Gasteiger partial charge in [-0.05, 0) is 38.4 Å². The van der Waals surface area contributed by atoms with Crippen LogP contribution in [-0.2, 0) is 4.79 Å². The third-order valence-electron chi connectivity index (χ3n) is 4.20. The number of carbonyl (C=O) groups excluding carboxylic acids is 1. The second-order valence-electron chi connectivity index (χ2n) is 5.74. The molecular formula is C17H26N2O2. The van der Waals surface area contributed by atoms with Crippen LogP contribution in [-0.4, -0.2) is 43.6 Å². The summed E-state index contributed by atoms with van der Waals surface area (Å²) in [5, 5.41) is 3.29. The second kappa shape index (κ2) is 8.03. The van der Waals surface area contributed by atoms with Gasteiger partial charge in [-0.1, -0.05) is 25.1 Å². The smallest absolute Gasteiger partial charge is 0.225 e. The van der Waals surface area contributed by atoms with E-state index in [-0.39, 0.29) is 11.8 Å². The summed E-state index contributed by atoms with van der Waals surface area (Å²) in [5.41, 5.74) is 0. The molecule has 1 saturated heterocycles. The Morgan fingerprint density at radius 2 is 2.00 bits per heavy atom. The van der Waals surface area contributed by atoms with Crippen molar-refractivity contribution in [3.05, 3.63) is 30.3 Å². The molecule has 1 aromatic rings. The zero-order valence-corrected chi connectivity index (χ0v) is 13.0. The van der Waals surface area contributed by atoms with Crippen LogP contribution < -0.4 is 10.1 Å². The van der Waals surface area contributed by atoms with E-state index >= 15 is 0 Å². The van der Waals surface area contributed by atoms with Gasteiger partial charge in [0.1, 0.15) is 5.75 Å². The Labute approximate surface area is 127 Å². The van der Waals surface area contributed by atoms with Crippen LogP contribution in [0.5, 0.6) is 5.75 Å². The number of nitrogens with zero attached hydrogens (tertiary/aromatic N) is 1. The van der Waals surface area contributed by atoms with Crippen molar-refractivity contribution in [2.45, 2.75) is 32.2 Å². The molecule has 0 bridgehead atoms. The Kier molecular flexibility index (Phi) is 6.05. The van der Waals surface area contributed by atoms with E-state index in [1.807, 2.05) is 49.2 Å². The van der Waals surface area contributed by atoms with Crippen molar-refractivity contribution in [3.8, 4) is 5.75 Å². The summed E-state index contributed by atoms with van der Waals surface area (Å²) in [5.74, 6) is 1.16. The SMILES string of the molecule is CNC1CCN(C(=O)C(C)CCOc2ccccc2)CC1. The maximum absolute atomic E-state index is 12.4. The lowest BCUT2D eigenvalue weighted by Gasteiger charge is -2.33. The van der Waals surface area contributed by atoms with Gasteiger partial charge in [-0.15, -0.1) is 0 Å². The molecule has 1 aliphatic heterocycles. The molecule has 116 valence electrons.